The molecule has 1 heterocycles. The highest BCUT2D eigenvalue weighted by Gasteiger charge is 2.02. The molecule has 1 aromatic heterocycles. The van der Waals surface area contributed by atoms with Gasteiger partial charge in [0.25, 0.3) is 0 Å². The van der Waals surface area contributed by atoms with Gasteiger partial charge in [-0.3, -0.25) is 0 Å². The number of aromatic nitrogens is 2. The molecule has 0 aliphatic rings. The summed E-state index contributed by atoms with van der Waals surface area (Å²) in [6.07, 6.45) is 1.68. The number of phenols is 1. The number of nitrogens with zero attached hydrogens (tertiary/aromatic N) is 2. The van der Waals surface area contributed by atoms with E-state index in [9.17, 15) is 5.11 Å². The fourth-order valence-electron chi connectivity index (χ4n) is 1.19. The molecule has 3 nitrogen and oxygen atoms in total. The van der Waals surface area contributed by atoms with Crippen molar-refractivity contribution in [1.82, 2.24) is 9.55 Å². The SMILES string of the molecule is Cn1cnc2cccc(O)c21. The van der Waals surface area contributed by atoms with E-state index in [0.29, 0.717) is 0 Å². The van der Waals surface area contributed by atoms with E-state index in [0.717, 1.165) is 11.0 Å². The van der Waals surface area contributed by atoms with Crippen molar-refractivity contribution in [2.24, 2.45) is 7.05 Å². The van der Waals surface area contributed by atoms with Crippen LogP contribution in [0.15, 0.2) is 24.5 Å². The lowest BCUT2D eigenvalue weighted by molar-refractivity contribution is 0.479. The van der Waals surface area contributed by atoms with Crippen molar-refractivity contribution in [3.05, 3.63) is 24.5 Å². The van der Waals surface area contributed by atoms with Crippen LogP contribution in [0.3, 0.4) is 0 Å². The maximum Gasteiger partial charge on any atom is 0.141 e. The van der Waals surface area contributed by atoms with Gasteiger partial charge in [-0.05, 0) is 12.1 Å². The third kappa shape index (κ3) is 0.774. The number of imidazole rings is 1. The second kappa shape index (κ2) is 1.99. The lowest BCUT2D eigenvalue weighted by Gasteiger charge is -1.95. The van der Waals surface area contributed by atoms with E-state index in [4.69, 9.17) is 0 Å². The van der Waals surface area contributed by atoms with Crippen LogP contribution in [0, 0.1) is 0 Å². The van der Waals surface area contributed by atoms with Gasteiger partial charge >= 0.3 is 0 Å². The number of aryl methyl sites for hydroxylation is 1. The Bertz CT molecular complexity index is 392. The highest BCUT2D eigenvalue weighted by molar-refractivity contribution is 5.81. The number of aromatic hydroxyl groups is 1. The molecule has 3 heteroatoms. The highest BCUT2D eigenvalue weighted by atomic mass is 16.3. The Morgan fingerprint density at radius 2 is 2.27 bits per heavy atom. The molecule has 0 fully saturated rings. The molecule has 0 aliphatic carbocycles. The standard InChI is InChI=1S/C8H8N2O/c1-10-5-9-6-3-2-4-7(11)8(6)10/h2-5,11H,1H3. The maximum absolute atomic E-state index is 9.38. The molecule has 0 unspecified atom stereocenters. The second-order valence-electron chi connectivity index (χ2n) is 2.50. The molecule has 1 N–H and O–H groups in total. The second-order valence-corrected chi connectivity index (χ2v) is 2.50. The number of phenolic OH excluding ortho intramolecular Hbond substituents is 1. The van der Waals surface area contributed by atoms with E-state index >= 15 is 0 Å². The summed E-state index contributed by atoms with van der Waals surface area (Å²) in [5, 5.41) is 9.38. The van der Waals surface area contributed by atoms with Crippen molar-refractivity contribution < 1.29 is 5.11 Å². The first kappa shape index (κ1) is 6.22. The fraction of sp³-hybridized carbons (Fsp3) is 0.125. The average molecular weight is 148 g/mol. The first-order chi connectivity index (χ1) is 5.29. The van der Waals surface area contributed by atoms with Gasteiger partial charge in [0.05, 0.1) is 11.8 Å². The summed E-state index contributed by atoms with van der Waals surface area (Å²) < 4.78 is 1.80. The molecule has 56 valence electrons. The number of benzene rings is 1. The molecule has 0 atom stereocenters. The van der Waals surface area contributed by atoms with E-state index in [-0.39, 0.29) is 5.75 Å². The highest BCUT2D eigenvalue weighted by Crippen LogP contribution is 2.21. The van der Waals surface area contributed by atoms with Crippen molar-refractivity contribution in [1.29, 1.82) is 0 Å². The molecule has 0 spiro atoms. The Labute approximate surface area is 63.9 Å². The molecule has 0 bridgehead atoms. The van der Waals surface area contributed by atoms with E-state index in [1.54, 1.807) is 23.0 Å². The van der Waals surface area contributed by atoms with E-state index in [1.807, 2.05) is 13.1 Å². The largest absolute Gasteiger partial charge is 0.506 e. The van der Waals surface area contributed by atoms with Gasteiger partial charge in [0.15, 0.2) is 0 Å². The van der Waals surface area contributed by atoms with Crippen molar-refractivity contribution in [3.8, 4) is 5.75 Å². The van der Waals surface area contributed by atoms with Gasteiger partial charge in [-0.15, -0.1) is 0 Å². The number of rotatable bonds is 0. The summed E-state index contributed by atoms with van der Waals surface area (Å²) in [6.45, 7) is 0. The molecular formula is C8H8N2O. The molecule has 0 saturated carbocycles. The van der Waals surface area contributed by atoms with E-state index in [1.165, 1.54) is 0 Å². The third-order valence-corrected chi connectivity index (χ3v) is 1.72. The zero-order valence-corrected chi connectivity index (χ0v) is 6.15. The molecule has 0 aliphatic heterocycles. The molecule has 1 aromatic carbocycles. The Balaban J connectivity index is 2.96. The topological polar surface area (TPSA) is 38.0 Å². The number of hydrogen-bond donors (Lipinski definition) is 1. The van der Waals surface area contributed by atoms with Crippen molar-refractivity contribution in [3.63, 3.8) is 0 Å². The zero-order chi connectivity index (χ0) is 7.84. The summed E-state index contributed by atoms with van der Waals surface area (Å²) in [5.41, 5.74) is 1.61. The minimum absolute atomic E-state index is 0.280. The maximum atomic E-state index is 9.38. The van der Waals surface area contributed by atoms with Gasteiger partial charge < -0.3 is 9.67 Å². The number of hydrogen-bond acceptors (Lipinski definition) is 2. The predicted octanol–water partition coefficient (Wildman–Crippen LogP) is 1.28. The number of para-hydroxylation sites is 1. The van der Waals surface area contributed by atoms with Crippen LogP contribution in [0.4, 0.5) is 0 Å². The smallest absolute Gasteiger partial charge is 0.141 e. The van der Waals surface area contributed by atoms with Gasteiger partial charge in [0.2, 0.25) is 0 Å². The first-order valence-corrected chi connectivity index (χ1v) is 3.38. The summed E-state index contributed by atoms with van der Waals surface area (Å²) in [4.78, 5) is 4.08. The minimum Gasteiger partial charge on any atom is -0.506 e. The van der Waals surface area contributed by atoms with Crippen LogP contribution in [0.1, 0.15) is 0 Å². The molecular weight excluding hydrogens is 140 g/mol. The summed E-state index contributed by atoms with van der Waals surface area (Å²) in [6, 6.07) is 5.31. The van der Waals surface area contributed by atoms with Gasteiger partial charge in [0, 0.05) is 7.05 Å². The molecule has 0 saturated heterocycles. The van der Waals surface area contributed by atoms with Crippen LogP contribution in [0.5, 0.6) is 5.75 Å². The number of fused-ring (bicyclic) bond motifs is 1. The zero-order valence-electron chi connectivity index (χ0n) is 6.15. The van der Waals surface area contributed by atoms with Crippen molar-refractivity contribution >= 4 is 11.0 Å². The van der Waals surface area contributed by atoms with E-state index in [2.05, 4.69) is 4.98 Å². The van der Waals surface area contributed by atoms with Crippen LogP contribution in [0.25, 0.3) is 11.0 Å². The minimum atomic E-state index is 0.280. The lowest BCUT2D eigenvalue weighted by atomic mass is 10.3. The van der Waals surface area contributed by atoms with E-state index < -0.39 is 0 Å². The van der Waals surface area contributed by atoms with Crippen molar-refractivity contribution in [2.45, 2.75) is 0 Å². The predicted molar refractivity (Wildman–Crippen MR) is 42.4 cm³/mol. The lowest BCUT2D eigenvalue weighted by Crippen LogP contribution is -1.83. The van der Waals surface area contributed by atoms with Crippen LogP contribution < -0.4 is 0 Å². The normalized spacial score (nSPS) is 10.6. The Morgan fingerprint density at radius 1 is 1.45 bits per heavy atom. The van der Waals surface area contributed by atoms with Crippen LogP contribution in [0.2, 0.25) is 0 Å². The summed E-state index contributed by atoms with van der Waals surface area (Å²) >= 11 is 0. The summed E-state index contributed by atoms with van der Waals surface area (Å²) in [5.74, 6) is 0.280. The Morgan fingerprint density at radius 3 is 3.00 bits per heavy atom. The first-order valence-electron chi connectivity index (χ1n) is 3.38. The van der Waals surface area contributed by atoms with Gasteiger partial charge in [-0.1, -0.05) is 6.07 Å². The summed E-state index contributed by atoms with van der Waals surface area (Å²) in [7, 11) is 1.86. The third-order valence-electron chi connectivity index (χ3n) is 1.72. The quantitative estimate of drug-likeness (QED) is 0.611. The molecule has 2 rings (SSSR count). The average Bonchev–Trinajstić information content (AvgIpc) is 2.34. The Hall–Kier alpha value is -1.51. The van der Waals surface area contributed by atoms with Gasteiger partial charge in [-0.25, -0.2) is 4.98 Å². The van der Waals surface area contributed by atoms with Crippen LogP contribution >= 0.6 is 0 Å². The van der Waals surface area contributed by atoms with Crippen molar-refractivity contribution in [2.75, 3.05) is 0 Å². The monoisotopic (exact) mass is 148 g/mol. The molecule has 11 heavy (non-hydrogen) atoms. The molecule has 0 radical (unpaired) electrons. The van der Waals surface area contributed by atoms with Crippen LogP contribution in [-0.4, -0.2) is 14.7 Å². The fourth-order valence-corrected chi connectivity index (χ4v) is 1.19. The van der Waals surface area contributed by atoms with Gasteiger partial charge in [0.1, 0.15) is 11.3 Å². The van der Waals surface area contributed by atoms with Crippen LogP contribution in [-0.2, 0) is 7.05 Å². The molecule has 2 aromatic rings. The van der Waals surface area contributed by atoms with Gasteiger partial charge in [-0.2, -0.15) is 0 Å². The molecule has 0 amide bonds. The Kier molecular flexibility index (Phi) is 1.12.